The molecule has 0 saturated carbocycles. The average Bonchev–Trinajstić information content (AvgIpc) is 2.86. The zero-order valence-corrected chi connectivity index (χ0v) is 19.4. The van der Waals surface area contributed by atoms with Gasteiger partial charge >= 0.3 is 0 Å². The van der Waals surface area contributed by atoms with E-state index in [1.54, 1.807) is 48.7 Å². The van der Waals surface area contributed by atoms with E-state index < -0.39 is 11.5 Å². The molecule has 8 heteroatoms. The van der Waals surface area contributed by atoms with Gasteiger partial charge in [0.15, 0.2) is 0 Å². The van der Waals surface area contributed by atoms with Crippen molar-refractivity contribution in [3.63, 3.8) is 0 Å². The normalized spacial score (nSPS) is 11.1. The van der Waals surface area contributed by atoms with Crippen molar-refractivity contribution < 1.29 is 14.3 Å². The fourth-order valence-electron chi connectivity index (χ4n) is 3.44. The molecule has 0 radical (unpaired) electrons. The Balaban J connectivity index is 1.83. The molecule has 0 fully saturated rings. The first-order valence-electron chi connectivity index (χ1n) is 10.7. The highest BCUT2D eigenvalue weighted by Gasteiger charge is 2.19. The number of rotatable bonds is 6. The highest BCUT2D eigenvalue weighted by Crippen LogP contribution is 2.26. The van der Waals surface area contributed by atoms with E-state index in [4.69, 9.17) is 9.47 Å². The van der Waals surface area contributed by atoms with E-state index in [9.17, 15) is 14.9 Å². The number of methoxy groups -OCH3 is 1. The van der Waals surface area contributed by atoms with Gasteiger partial charge in [0.1, 0.15) is 34.4 Å². The number of benzene rings is 2. The molecule has 4 aromatic rings. The molecule has 0 spiro atoms. The third kappa shape index (κ3) is 4.89. The Bertz CT molecular complexity index is 1550. The van der Waals surface area contributed by atoms with Gasteiger partial charge in [-0.3, -0.25) is 14.0 Å². The van der Waals surface area contributed by atoms with Crippen LogP contribution in [0.5, 0.6) is 17.4 Å². The summed E-state index contributed by atoms with van der Waals surface area (Å²) in [5, 5.41) is 12.4. The lowest BCUT2D eigenvalue weighted by molar-refractivity contribution is -0.112. The van der Waals surface area contributed by atoms with Crippen LogP contribution in [0.2, 0.25) is 0 Å². The second kappa shape index (κ2) is 9.93. The van der Waals surface area contributed by atoms with Crippen LogP contribution in [-0.2, 0) is 4.79 Å². The molecule has 0 saturated heterocycles. The second-order valence-corrected chi connectivity index (χ2v) is 7.76. The van der Waals surface area contributed by atoms with E-state index in [0.29, 0.717) is 22.8 Å². The van der Waals surface area contributed by atoms with Crippen LogP contribution in [0.25, 0.3) is 11.7 Å². The summed E-state index contributed by atoms with van der Waals surface area (Å²) in [6, 6.07) is 19.5. The van der Waals surface area contributed by atoms with Crippen molar-refractivity contribution in [3.8, 4) is 23.4 Å². The van der Waals surface area contributed by atoms with Crippen LogP contribution in [0.3, 0.4) is 0 Å². The Morgan fingerprint density at radius 1 is 1.09 bits per heavy atom. The number of nitrogens with zero attached hydrogens (tertiary/aromatic N) is 3. The maximum atomic E-state index is 13.4. The van der Waals surface area contributed by atoms with Crippen molar-refractivity contribution in [2.24, 2.45) is 0 Å². The number of anilines is 1. The molecular weight excluding hydrogens is 444 g/mol. The summed E-state index contributed by atoms with van der Waals surface area (Å²) in [6.45, 7) is 3.77. The van der Waals surface area contributed by atoms with E-state index in [2.05, 4.69) is 10.3 Å². The molecule has 35 heavy (non-hydrogen) atoms. The van der Waals surface area contributed by atoms with Gasteiger partial charge in [0.25, 0.3) is 11.5 Å². The number of aromatic nitrogens is 2. The van der Waals surface area contributed by atoms with Crippen LogP contribution < -0.4 is 20.3 Å². The first-order chi connectivity index (χ1) is 16.9. The summed E-state index contributed by atoms with van der Waals surface area (Å²) in [5.74, 6) is 0.189. The van der Waals surface area contributed by atoms with Crippen LogP contribution in [-0.4, -0.2) is 22.4 Å². The predicted octanol–water partition coefficient (Wildman–Crippen LogP) is 4.66. The number of nitriles is 1. The van der Waals surface area contributed by atoms with E-state index in [1.165, 1.54) is 17.6 Å². The first kappa shape index (κ1) is 23.3. The lowest BCUT2D eigenvalue weighted by atomic mass is 10.1. The zero-order valence-electron chi connectivity index (χ0n) is 19.4. The van der Waals surface area contributed by atoms with Crippen molar-refractivity contribution in [1.82, 2.24) is 9.38 Å². The molecule has 0 aliphatic heterocycles. The molecule has 2 heterocycles. The fourth-order valence-corrected chi connectivity index (χ4v) is 3.44. The topological polar surface area (TPSA) is 106 Å². The van der Waals surface area contributed by atoms with Gasteiger partial charge in [-0.05, 0) is 55.8 Å². The largest absolute Gasteiger partial charge is 0.495 e. The SMILES string of the molecule is COc1ccccc1NC(=O)/C(C#N)=C\c1c(Oc2ccc(C)cc2)nc2c(C)cccn2c1=O. The summed E-state index contributed by atoms with van der Waals surface area (Å²) in [4.78, 5) is 30.9. The lowest BCUT2D eigenvalue weighted by Gasteiger charge is -2.12. The molecule has 0 bridgehead atoms. The van der Waals surface area contributed by atoms with Gasteiger partial charge < -0.3 is 14.8 Å². The number of pyridine rings is 1. The summed E-state index contributed by atoms with van der Waals surface area (Å²) in [6.07, 6.45) is 2.77. The first-order valence-corrected chi connectivity index (χ1v) is 10.7. The minimum Gasteiger partial charge on any atom is -0.495 e. The highest BCUT2D eigenvalue weighted by molar-refractivity contribution is 6.10. The number of hydrogen-bond donors (Lipinski definition) is 1. The van der Waals surface area contributed by atoms with Gasteiger partial charge in [-0.15, -0.1) is 0 Å². The standard InChI is InChI=1S/C27H22N4O4/c1-17-10-12-20(13-11-17)35-26-21(27(33)31-14-6-7-18(2)24(31)30-26)15-19(16-28)25(32)29-22-8-4-5-9-23(22)34-3/h4-15H,1-3H3,(H,29,32)/b19-15-. The minimum atomic E-state index is -0.702. The van der Waals surface area contributed by atoms with Crippen LogP contribution >= 0.6 is 0 Å². The summed E-state index contributed by atoms with van der Waals surface area (Å²) < 4.78 is 12.6. The second-order valence-electron chi connectivity index (χ2n) is 7.76. The fraction of sp³-hybridized carbons (Fsp3) is 0.111. The number of amides is 1. The van der Waals surface area contributed by atoms with E-state index in [0.717, 1.165) is 11.1 Å². The minimum absolute atomic E-state index is 0.00834. The Labute approximate surface area is 201 Å². The molecule has 2 aromatic carbocycles. The Hall–Kier alpha value is -4.90. The van der Waals surface area contributed by atoms with Crippen molar-refractivity contribution in [2.45, 2.75) is 13.8 Å². The third-order valence-electron chi connectivity index (χ3n) is 5.29. The lowest BCUT2D eigenvalue weighted by Crippen LogP contribution is -2.20. The predicted molar refractivity (Wildman–Crippen MR) is 133 cm³/mol. The van der Waals surface area contributed by atoms with Crippen LogP contribution in [0.1, 0.15) is 16.7 Å². The van der Waals surface area contributed by atoms with Gasteiger partial charge in [0.2, 0.25) is 5.88 Å². The Kier molecular flexibility index (Phi) is 6.60. The van der Waals surface area contributed by atoms with E-state index in [-0.39, 0.29) is 17.0 Å². The molecule has 0 aliphatic carbocycles. The van der Waals surface area contributed by atoms with Gasteiger partial charge in [-0.25, -0.2) is 0 Å². The number of hydrogen-bond acceptors (Lipinski definition) is 6. The molecule has 1 N–H and O–H groups in total. The molecule has 8 nitrogen and oxygen atoms in total. The van der Waals surface area contributed by atoms with Gasteiger partial charge in [0.05, 0.1) is 12.8 Å². The van der Waals surface area contributed by atoms with Crippen molar-refractivity contribution in [2.75, 3.05) is 12.4 Å². The third-order valence-corrected chi connectivity index (χ3v) is 5.29. The average molecular weight is 466 g/mol. The van der Waals surface area contributed by atoms with Crippen LogP contribution in [0, 0.1) is 25.2 Å². The van der Waals surface area contributed by atoms with Crippen molar-refractivity contribution in [3.05, 3.63) is 99.5 Å². The molecule has 174 valence electrons. The quantitative estimate of drug-likeness (QED) is 0.327. The molecule has 2 aromatic heterocycles. The van der Waals surface area contributed by atoms with Crippen LogP contribution in [0.4, 0.5) is 5.69 Å². The van der Waals surface area contributed by atoms with Crippen molar-refractivity contribution >= 4 is 23.3 Å². The maximum absolute atomic E-state index is 13.4. The van der Waals surface area contributed by atoms with E-state index >= 15 is 0 Å². The highest BCUT2D eigenvalue weighted by atomic mass is 16.5. The zero-order chi connectivity index (χ0) is 24.9. The Morgan fingerprint density at radius 2 is 1.83 bits per heavy atom. The van der Waals surface area contributed by atoms with Crippen LogP contribution in [0.15, 0.2) is 77.2 Å². The molecule has 4 rings (SSSR count). The van der Waals surface area contributed by atoms with Gasteiger partial charge in [-0.1, -0.05) is 35.9 Å². The number of nitrogens with one attached hydrogen (secondary N) is 1. The smallest absolute Gasteiger partial charge is 0.269 e. The maximum Gasteiger partial charge on any atom is 0.269 e. The Morgan fingerprint density at radius 3 is 2.54 bits per heavy atom. The number of aryl methyl sites for hydroxylation is 2. The molecule has 1 amide bonds. The number of para-hydroxylation sites is 2. The van der Waals surface area contributed by atoms with Gasteiger partial charge in [0, 0.05) is 6.20 Å². The monoisotopic (exact) mass is 466 g/mol. The number of fused-ring (bicyclic) bond motifs is 1. The summed E-state index contributed by atoms with van der Waals surface area (Å²) in [7, 11) is 1.48. The summed E-state index contributed by atoms with van der Waals surface area (Å²) >= 11 is 0. The van der Waals surface area contributed by atoms with Crippen molar-refractivity contribution in [1.29, 1.82) is 5.26 Å². The molecule has 0 aliphatic rings. The number of ether oxygens (including phenoxy) is 2. The summed E-state index contributed by atoms with van der Waals surface area (Å²) in [5.41, 5.74) is 1.81. The number of carbonyl (C=O) groups excluding carboxylic acids is 1. The molecule has 0 unspecified atom stereocenters. The number of carbonyl (C=O) groups is 1. The molecule has 0 atom stereocenters. The molecular formula is C27H22N4O4. The van der Waals surface area contributed by atoms with Gasteiger partial charge in [-0.2, -0.15) is 10.2 Å². The van der Waals surface area contributed by atoms with E-state index in [1.807, 2.05) is 38.1 Å².